The fraction of sp³-hybridized carbons (Fsp3) is 0.429. The van der Waals surface area contributed by atoms with Crippen molar-refractivity contribution in [3.63, 3.8) is 0 Å². The Hall–Kier alpha value is -0.790. The lowest BCUT2D eigenvalue weighted by Gasteiger charge is -1.95. The normalized spacial score (nSPS) is 10.7. The van der Waals surface area contributed by atoms with Crippen LogP contribution in [0.5, 0.6) is 0 Å². The molecule has 0 radical (unpaired) electrons. The first kappa shape index (κ1) is 6.33. The highest BCUT2D eigenvalue weighted by atomic mass is 19.1. The Bertz CT molecular complexity index is 191. The van der Waals surface area contributed by atoms with Crippen LogP contribution in [0, 0.1) is 6.01 Å². The number of halogens is 1. The smallest absolute Gasteiger partial charge is 0.277 e. The van der Waals surface area contributed by atoms with Crippen molar-refractivity contribution >= 4 is 0 Å². The molecule has 0 atom stereocenters. The van der Waals surface area contributed by atoms with E-state index >= 15 is 0 Å². The molecular weight excluding hydrogens is 119 g/mol. The van der Waals surface area contributed by atoms with Crippen LogP contribution in [0.4, 0.5) is 4.39 Å². The minimum atomic E-state index is -0.501. The SMILES string of the molecule is CC(C)c1ccc(F)o1. The Kier molecular flexibility index (Phi) is 1.56. The molecule has 0 aliphatic rings. The molecule has 2 heteroatoms. The van der Waals surface area contributed by atoms with Crippen molar-refractivity contribution in [1.82, 2.24) is 0 Å². The molecule has 0 unspecified atom stereocenters. The predicted octanol–water partition coefficient (Wildman–Crippen LogP) is 2.54. The first-order valence-corrected chi connectivity index (χ1v) is 2.95. The summed E-state index contributed by atoms with van der Waals surface area (Å²) in [5.74, 6) is 0.974. The Morgan fingerprint density at radius 3 is 2.33 bits per heavy atom. The Morgan fingerprint density at radius 1 is 1.44 bits per heavy atom. The van der Waals surface area contributed by atoms with Gasteiger partial charge in [0.2, 0.25) is 0 Å². The first-order valence-electron chi connectivity index (χ1n) is 2.95. The lowest BCUT2D eigenvalue weighted by atomic mass is 10.2. The van der Waals surface area contributed by atoms with Crippen LogP contribution < -0.4 is 0 Å². The molecule has 0 N–H and O–H groups in total. The second-order valence-electron chi connectivity index (χ2n) is 2.30. The standard InChI is InChI=1S/C7H9FO/c1-5(2)6-3-4-7(8)9-6/h3-5H,1-2H3. The maximum Gasteiger partial charge on any atom is 0.277 e. The van der Waals surface area contributed by atoms with E-state index in [1.807, 2.05) is 13.8 Å². The fourth-order valence-corrected chi connectivity index (χ4v) is 0.639. The third-order valence-electron chi connectivity index (χ3n) is 1.16. The molecule has 0 saturated carbocycles. The van der Waals surface area contributed by atoms with E-state index < -0.39 is 6.01 Å². The third kappa shape index (κ3) is 1.31. The summed E-state index contributed by atoms with van der Waals surface area (Å²) in [5.41, 5.74) is 0. The third-order valence-corrected chi connectivity index (χ3v) is 1.16. The number of hydrogen-bond acceptors (Lipinski definition) is 1. The molecule has 0 spiro atoms. The molecule has 1 nitrogen and oxygen atoms in total. The molecule has 9 heavy (non-hydrogen) atoms. The average molecular weight is 128 g/mol. The van der Waals surface area contributed by atoms with Crippen LogP contribution >= 0.6 is 0 Å². The predicted molar refractivity (Wildman–Crippen MR) is 32.8 cm³/mol. The molecule has 1 rings (SSSR count). The van der Waals surface area contributed by atoms with Crippen molar-refractivity contribution in [2.75, 3.05) is 0 Å². The van der Waals surface area contributed by atoms with Crippen LogP contribution in [0.15, 0.2) is 16.5 Å². The van der Waals surface area contributed by atoms with Gasteiger partial charge in [0.25, 0.3) is 6.01 Å². The fourth-order valence-electron chi connectivity index (χ4n) is 0.639. The van der Waals surface area contributed by atoms with E-state index in [4.69, 9.17) is 0 Å². The highest BCUT2D eigenvalue weighted by molar-refractivity contribution is 5.03. The molecule has 0 fully saturated rings. The van der Waals surface area contributed by atoms with Gasteiger partial charge in [0.15, 0.2) is 0 Å². The van der Waals surface area contributed by atoms with Gasteiger partial charge in [-0.05, 0) is 6.07 Å². The molecule has 1 aromatic heterocycles. The zero-order valence-corrected chi connectivity index (χ0v) is 5.52. The van der Waals surface area contributed by atoms with Crippen molar-refractivity contribution in [2.24, 2.45) is 0 Å². The number of rotatable bonds is 1. The van der Waals surface area contributed by atoms with Crippen LogP contribution in [0.1, 0.15) is 25.5 Å². The lowest BCUT2D eigenvalue weighted by Crippen LogP contribution is -1.80. The van der Waals surface area contributed by atoms with Gasteiger partial charge >= 0.3 is 0 Å². The Balaban J connectivity index is 2.85. The van der Waals surface area contributed by atoms with Gasteiger partial charge in [-0.1, -0.05) is 13.8 Å². The van der Waals surface area contributed by atoms with E-state index in [1.54, 1.807) is 6.07 Å². The minimum Gasteiger partial charge on any atom is -0.436 e. The van der Waals surface area contributed by atoms with Gasteiger partial charge in [-0.2, -0.15) is 4.39 Å². The second-order valence-corrected chi connectivity index (χ2v) is 2.30. The highest BCUT2D eigenvalue weighted by Crippen LogP contribution is 2.15. The molecule has 50 valence electrons. The van der Waals surface area contributed by atoms with Crippen molar-refractivity contribution in [1.29, 1.82) is 0 Å². The molecule has 0 bridgehead atoms. The number of hydrogen-bond donors (Lipinski definition) is 0. The summed E-state index contributed by atoms with van der Waals surface area (Å²) < 4.78 is 16.8. The van der Waals surface area contributed by atoms with E-state index in [2.05, 4.69) is 4.42 Å². The van der Waals surface area contributed by atoms with E-state index in [1.165, 1.54) is 6.07 Å². The van der Waals surface area contributed by atoms with Crippen molar-refractivity contribution in [3.8, 4) is 0 Å². The highest BCUT2D eigenvalue weighted by Gasteiger charge is 2.03. The van der Waals surface area contributed by atoms with Crippen LogP contribution in [-0.2, 0) is 0 Å². The maximum absolute atomic E-state index is 12.1. The van der Waals surface area contributed by atoms with E-state index in [0.29, 0.717) is 5.76 Å². The summed E-state index contributed by atoms with van der Waals surface area (Å²) in [4.78, 5) is 0. The van der Waals surface area contributed by atoms with Gasteiger partial charge in [-0.25, -0.2) is 0 Å². The van der Waals surface area contributed by atoms with Gasteiger partial charge in [0.05, 0.1) is 0 Å². The number of furan rings is 1. The molecule has 0 aromatic carbocycles. The molecule has 1 aromatic rings. The lowest BCUT2D eigenvalue weighted by molar-refractivity contribution is 0.330. The van der Waals surface area contributed by atoms with Crippen LogP contribution in [-0.4, -0.2) is 0 Å². The van der Waals surface area contributed by atoms with Gasteiger partial charge in [-0.3, -0.25) is 0 Å². The zero-order chi connectivity index (χ0) is 6.85. The van der Waals surface area contributed by atoms with Crippen LogP contribution in [0.2, 0.25) is 0 Å². The van der Waals surface area contributed by atoms with Gasteiger partial charge in [0.1, 0.15) is 5.76 Å². The monoisotopic (exact) mass is 128 g/mol. The Morgan fingerprint density at radius 2 is 2.11 bits per heavy atom. The molecule has 0 aliphatic carbocycles. The summed E-state index contributed by atoms with van der Waals surface area (Å²) >= 11 is 0. The first-order chi connectivity index (χ1) is 4.20. The van der Waals surface area contributed by atoms with E-state index in [-0.39, 0.29) is 5.92 Å². The van der Waals surface area contributed by atoms with E-state index in [0.717, 1.165) is 0 Å². The quantitative estimate of drug-likeness (QED) is 0.566. The minimum absolute atomic E-state index is 0.273. The largest absolute Gasteiger partial charge is 0.436 e. The maximum atomic E-state index is 12.1. The summed E-state index contributed by atoms with van der Waals surface area (Å²) in [7, 11) is 0. The molecule has 0 aliphatic heterocycles. The van der Waals surface area contributed by atoms with Crippen LogP contribution in [0.25, 0.3) is 0 Å². The van der Waals surface area contributed by atoms with Crippen molar-refractivity contribution in [2.45, 2.75) is 19.8 Å². The van der Waals surface area contributed by atoms with Gasteiger partial charge in [0, 0.05) is 12.0 Å². The van der Waals surface area contributed by atoms with Gasteiger partial charge < -0.3 is 4.42 Å². The molecule has 0 amide bonds. The van der Waals surface area contributed by atoms with Crippen molar-refractivity contribution < 1.29 is 8.81 Å². The topological polar surface area (TPSA) is 13.1 Å². The molecular formula is C7H9FO. The van der Waals surface area contributed by atoms with E-state index in [9.17, 15) is 4.39 Å². The summed E-state index contributed by atoms with van der Waals surface area (Å²) in [6.07, 6.45) is 0. The van der Waals surface area contributed by atoms with Crippen LogP contribution in [0.3, 0.4) is 0 Å². The van der Waals surface area contributed by atoms with Crippen molar-refractivity contribution in [3.05, 3.63) is 23.9 Å². The summed E-state index contributed by atoms with van der Waals surface area (Å²) in [6, 6.07) is 2.48. The molecule has 1 heterocycles. The molecule has 0 saturated heterocycles. The zero-order valence-electron chi connectivity index (χ0n) is 5.52. The summed E-state index contributed by atoms with van der Waals surface area (Å²) in [6.45, 7) is 3.91. The average Bonchev–Trinajstić information content (AvgIpc) is 2.14. The van der Waals surface area contributed by atoms with Gasteiger partial charge in [-0.15, -0.1) is 0 Å². The second kappa shape index (κ2) is 2.21. The summed E-state index contributed by atoms with van der Waals surface area (Å²) in [5, 5.41) is 0. The Labute approximate surface area is 53.5 Å².